The van der Waals surface area contributed by atoms with Crippen LogP contribution in [-0.2, 0) is 0 Å². The van der Waals surface area contributed by atoms with Crippen LogP contribution in [0, 0.1) is 17.5 Å². The van der Waals surface area contributed by atoms with Crippen molar-refractivity contribution in [2.75, 3.05) is 18.4 Å². The van der Waals surface area contributed by atoms with E-state index in [-0.39, 0.29) is 11.2 Å². The van der Waals surface area contributed by atoms with E-state index in [9.17, 15) is 13.2 Å². The van der Waals surface area contributed by atoms with Crippen molar-refractivity contribution in [2.45, 2.75) is 26.3 Å². The van der Waals surface area contributed by atoms with Crippen LogP contribution in [0.3, 0.4) is 0 Å². The molecule has 1 rings (SSSR count). The zero-order valence-electron chi connectivity index (χ0n) is 10.2. The molecule has 0 aliphatic rings. The third-order valence-corrected chi connectivity index (χ3v) is 2.13. The first-order valence-electron chi connectivity index (χ1n) is 5.43. The molecular formula is C12H17F3N2. The molecular weight excluding hydrogens is 229 g/mol. The molecule has 0 radical (unpaired) electrons. The third-order valence-electron chi connectivity index (χ3n) is 2.13. The van der Waals surface area contributed by atoms with E-state index in [1.54, 1.807) is 0 Å². The van der Waals surface area contributed by atoms with Crippen molar-refractivity contribution in [2.24, 2.45) is 0 Å². The Morgan fingerprint density at radius 1 is 1.00 bits per heavy atom. The molecule has 1 aromatic carbocycles. The predicted molar refractivity (Wildman–Crippen MR) is 62.6 cm³/mol. The van der Waals surface area contributed by atoms with Crippen LogP contribution in [0.5, 0.6) is 0 Å². The van der Waals surface area contributed by atoms with Crippen LogP contribution in [-0.4, -0.2) is 18.6 Å². The van der Waals surface area contributed by atoms with Crippen molar-refractivity contribution < 1.29 is 13.2 Å². The zero-order chi connectivity index (χ0) is 13.1. The number of halogens is 3. The van der Waals surface area contributed by atoms with Crippen molar-refractivity contribution >= 4 is 5.69 Å². The van der Waals surface area contributed by atoms with Crippen LogP contribution in [0.15, 0.2) is 12.1 Å². The standard InChI is InChI=1S/C12H17F3N2/c1-12(2,3)17-7-6-16-9-5-4-8(13)10(14)11(9)15/h4-5,16-17H,6-7H2,1-3H3. The lowest BCUT2D eigenvalue weighted by Gasteiger charge is -2.20. The maximum atomic E-state index is 13.2. The fourth-order valence-corrected chi connectivity index (χ4v) is 1.30. The zero-order valence-corrected chi connectivity index (χ0v) is 10.2. The Labute approximate surface area is 99.2 Å². The summed E-state index contributed by atoms with van der Waals surface area (Å²) in [6, 6.07) is 2.09. The molecule has 0 aromatic heterocycles. The maximum absolute atomic E-state index is 13.2. The second-order valence-corrected chi connectivity index (χ2v) is 4.83. The second kappa shape index (κ2) is 5.40. The predicted octanol–water partition coefficient (Wildman–Crippen LogP) is 2.90. The molecule has 17 heavy (non-hydrogen) atoms. The second-order valence-electron chi connectivity index (χ2n) is 4.83. The molecule has 0 atom stereocenters. The Bertz CT molecular complexity index is 386. The molecule has 2 N–H and O–H groups in total. The number of hydrogen-bond donors (Lipinski definition) is 2. The Kier molecular flexibility index (Phi) is 4.40. The van der Waals surface area contributed by atoms with Gasteiger partial charge in [0.25, 0.3) is 0 Å². The lowest BCUT2D eigenvalue weighted by Crippen LogP contribution is -2.38. The summed E-state index contributed by atoms with van der Waals surface area (Å²) < 4.78 is 38.8. The first kappa shape index (κ1) is 13.8. The molecule has 0 aliphatic carbocycles. The molecule has 0 aliphatic heterocycles. The van der Waals surface area contributed by atoms with Gasteiger partial charge >= 0.3 is 0 Å². The Morgan fingerprint density at radius 3 is 2.24 bits per heavy atom. The van der Waals surface area contributed by atoms with Gasteiger partial charge in [-0.2, -0.15) is 0 Å². The minimum atomic E-state index is -1.45. The summed E-state index contributed by atoms with van der Waals surface area (Å²) in [5.74, 6) is -3.81. The van der Waals surface area contributed by atoms with Gasteiger partial charge in [0, 0.05) is 18.6 Å². The minimum Gasteiger partial charge on any atom is -0.381 e. The summed E-state index contributed by atoms with van der Waals surface area (Å²) >= 11 is 0. The van der Waals surface area contributed by atoms with Crippen molar-refractivity contribution in [3.05, 3.63) is 29.6 Å². The highest BCUT2D eigenvalue weighted by Crippen LogP contribution is 2.19. The number of nitrogens with one attached hydrogen (secondary N) is 2. The number of anilines is 1. The fourth-order valence-electron chi connectivity index (χ4n) is 1.30. The molecule has 0 spiro atoms. The van der Waals surface area contributed by atoms with Crippen molar-refractivity contribution in [1.82, 2.24) is 5.32 Å². The van der Waals surface area contributed by atoms with E-state index >= 15 is 0 Å². The molecule has 0 bridgehead atoms. The molecule has 96 valence electrons. The number of hydrogen-bond acceptors (Lipinski definition) is 2. The van der Waals surface area contributed by atoms with Crippen LogP contribution in [0.1, 0.15) is 20.8 Å². The largest absolute Gasteiger partial charge is 0.381 e. The van der Waals surface area contributed by atoms with Gasteiger partial charge < -0.3 is 10.6 Å². The molecule has 0 saturated carbocycles. The van der Waals surface area contributed by atoms with Crippen molar-refractivity contribution in [3.8, 4) is 0 Å². The van der Waals surface area contributed by atoms with Gasteiger partial charge in [-0.15, -0.1) is 0 Å². The van der Waals surface area contributed by atoms with Crippen molar-refractivity contribution in [3.63, 3.8) is 0 Å². The van der Waals surface area contributed by atoms with Gasteiger partial charge in [-0.1, -0.05) is 0 Å². The van der Waals surface area contributed by atoms with E-state index in [0.717, 1.165) is 6.07 Å². The van der Waals surface area contributed by atoms with Crippen LogP contribution in [0.4, 0.5) is 18.9 Å². The van der Waals surface area contributed by atoms with Gasteiger partial charge in [0.2, 0.25) is 0 Å². The monoisotopic (exact) mass is 246 g/mol. The molecule has 0 saturated heterocycles. The highest BCUT2D eigenvalue weighted by Gasteiger charge is 2.13. The fraction of sp³-hybridized carbons (Fsp3) is 0.500. The van der Waals surface area contributed by atoms with E-state index < -0.39 is 17.5 Å². The van der Waals surface area contributed by atoms with Crippen LogP contribution < -0.4 is 10.6 Å². The molecule has 5 heteroatoms. The minimum absolute atomic E-state index is 0.0281. The van der Waals surface area contributed by atoms with Gasteiger partial charge in [-0.3, -0.25) is 0 Å². The van der Waals surface area contributed by atoms with E-state index in [1.807, 2.05) is 20.8 Å². The topological polar surface area (TPSA) is 24.1 Å². The van der Waals surface area contributed by atoms with E-state index in [0.29, 0.717) is 13.1 Å². The first-order chi connectivity index (χ1) is 7.81. The molecule has 0 unspecified atom stereocenters. The summed E-state index contributed by atoms with van der Waals surface area (Å²) in [6.07, 6.45) is 0. The van der Waals surface area contributed by atoms with Crippen LogP contribution >= 0.6 is 0 Å². The van der Waals surface area contributed by atoms with Gasteiger partial charge in [-0.05, 0) is 32.9 Å². The number of benzene rings is 1. The first-order valence-corrected chi connectivity index (χ1v) is 5.43. The average molecular weight is 246 g/mol. The van der Waals surface area contributed by atoms with Crippen LogP contribution in [0.25, 0.3) is 0 Å². The van der Waals surface area contributed by atoms with Crippen LogP contribution in [0.2, 0.25) is 0 Å². The summed E-state index contributed by atoms with van der Waals surface area (Å²) in [6.45, 7) is 7.04. The maximum Gasteiger partial charge on any atom is 0.196 e. The highest BCUT2D eigenvalue weighted by atomic mass is 19.2. The Hall–Kier alpha value is -1.23. The van der Waals surface area contributed by atoms with E-state index in [2.05, 4.69) is 10.6 Å². The van der Waals surface area contributed by atoms with E-state index in [4.69, 9.17) is 0 Å². The Balaban J connectivity index is 2.51. The summed E-state index contributed by atoms with van der Waals surface area (Å²) in [4.78, 5) is 0. The van der Waals surface area contributed by atoms with E-state index in [1.165, 1.54) is 6.07 Å². The van der Waals surface area contributed by atoms with Crippen molar-refractivity contribution in [1.29, 1.82) is 0 Å². The summed E-state index contributed by atoms with van der Waals surface area (Å²) in [5, 5.41) is 5.89. The summed E-state index contributed by atoms with van der Waals surface area (Å²) in [7, 11) is 0. The molecule has 0 amide bonds. The van der Waals surface area contributed by atoms with Gasteiger partial charge in [0.1, 0.15) is 0 Å². The highest BCUT2D eigenvalue weighted by molar-refractivity contribution is 5.45. The lowest BCUT2D eigenvalue weighted by atomic mass is 10.1. The number of rotatable bonds is 4. The average Bonchev–Trinajstić information content (AvgIpc) is 2.22. The Morgan fingerprint density at radius 2 is 1.65 bits per heavy atom. The summed E-state index contributed by atoms with van der Waals surface area (Å²) in [5.41, 5.74) is -0.0616. The van der Waals surface area contributed by atoms with Gasteiger partial charge in [-0.25, -0.2) is 13.2 Å². The smallest absolute Gasteiger partial charge is 0.196 e. The van der Waals surface area contributed by atoms with Gasteiger partial charge in [0.05, 0.1) is 5.69 Å². The molecule has 1 aromatic rings. The SMILES string of the molecule is CC(C)(C)NCCNc1ccc(F)c(F)c1F. The third kappa shape index (κ3) is 4.26. The molecule has 0 fully saturated rings. The molecule has 2 nitrogen and oxygen atoms in total. The van der Waals surface area contributed by atoms with Gasteiger partial charge in [0.15, 0.2) is 17.5 Å². The normalized spacial score (nSPS) is 11.6. The molecule has 0 heterocycles. The quantitative estimate of drug-likeness (QED) is 0.630. The lowest BCUT2D eigenvalue weighted by molar-refractivity contribution is 0.433.